The number of piperidine rings is 1. The molecule has 2 aliphatic heterocycles. The minimum atomic E-state index is -5.08. The maximum Gasteiger partial charge on any atom is 0.490 e. The maximum atomic E-state index is 12.4. The molecule has 2 saturated heterocycles. The van der Waals surface area contributed by atoms with Gasteiger partial charge in [-0.25, -0.2) is 14.6 Å². The van der Waals surface area contributed by atoms with Crippen LogP contribution in [0.5, 0.6) is 5.88 Å². The summed E-state index contributed by atoms with van der Waals surface area (Å²) in [4.78, 5) is 38.3. The molecule has 2 N–H and O–H groups in total. The molecular formula is C21H27F6N3O7. The second-order valence-corrected chi connectivity index (χ2v) is 8.38. The zero-order chi connectivity index (χ0) is 28.4. The van der Waals surface area contributed by atoms with Crippen LogP contribution in [0, 0.1) is 5.41 Å². The number of alkyl halides is 6. The van der Waals surface area contributed by atoms with E-state index < -0.39 is 24.3 Å². The molecule has 0 aromatic carbocycles. The number of ether oxygens (including phenoxy) is 2. The molecule has 0 spiro atoms. The van der Waals surface area contributed by atoms with Gasteiger partial charge in [-0.3, -0.25) is 4.79 Å². The SMILES string of the molecule is CN(C)CC(=O)N1CC[C@H]2OCC[C@@]2(COc2ccccn2)C1.O=C(O)C(F)(F)F.O=C(O)C(F)(F)F. The van der Waals surface area contributed by atoms with Crippen LogP contribution in [0.2, 0.25) is 0 Å². The van der Waals surface area contributed by atoms with Gasteiger partial charge >= 0.3 is 24.3 Å². The van der Waals surface area contributed by atoms with Crippen LogP contribution in [0.4, 0.5) is 26.3 Å². The van der Waals surface area contributed by atoms with Crippen molar-refractivity contribution in [2.75, 3.05) is 46.9 Å². The summed E-state index contributed by atoms with van der Waals surface area (Å²) in [6.45, 7) is 3.20. The number of carbonyl (C=O) groups excluding carboxylic acids is 1. The molecule has 0 aliphatic carbocycles. The zero-order valence-electron chi connectivity index (χ0n) is 19.9. The Hall–Kier alpha value is -3.14. The Morgan fingerprint density at radius 3 is 2.16 bits per heavy atom. The van der Waals surface area contributed by atoms with Gasteiger partial charge in [-0.2, -0.15) is 26.3 Å². The number of nitrogens with zero attached hydrogens (tertiary/aromatic N) is 3. The Labute approximate surface area is 207 Å². The van der Waals surface area contributed by atoms with Gasteiger partial charge in [0.25, 0.3) is 0 Å². The number of rotatable bonds is 5. The van der Waals surface area contributed by atoms with Gasteiger partial charge in [-0.15, -0.1) is 0 Å². The van der Waals surface area contributed by atoms with Crippen LogP contribution in [-0.4, -0.2) is 108 Å². The number of carbonyl (C=O) groups is 3. The van der Waals surface area contributed by atoms with E-state index >= 15 is 0 Å². The molecule has 16 heteroatoms. The van der Waals surface area contributed by atoms with E-state index in [2.05, 4.69) is 4.98 Å². The number of pyridine rings is 1. The Bertz CT molecular complexity index is 875. The van der Waals surface area contributed by atoms with Gasteiger partial charge in [-0.1, -0.05) is 6.07 Å². The molecule has 2 atom stereocenters. The lowest BCUT2D eigenvalue weighted by atomic mass is 9.77. The number of halogens is 6. The predicted molar refractivity (Wildman–Crippen MR) is 114 cm³/mol. The van der Waals surface area contributed by atoms with Gasteiger partial charge < -0.3 is 29.5 Å². The molecule has 0 unspecified atom stereocenters. The van der Waals surface area contributed by atoms with Crippen LogP contribution in [-0.2, 0) is 19.1 Å². The summed E-state index contributed by atoms with van der Waals surface area (Å²) in [5, 5.41) is 14.2. The fraction of sp³-hybridized carbons (Fsp3) is 0.619. The van der Waals surface area contributed by atoms with Crippen molar-refractivity contribution >= 4 is 17.8 Å². The smallest absolute Gasteiger partial charge is 0.477 e. The van der Waals surface area contributed by atoms with Crippen molar-refractivity contribution in [1.29, 1.82) is 0 Å². The molecule has 0 radical (unpaired) electrons. The van der Waals surface area contributed by atoms with E-state index in [9.17, 15) is 31.1 Å². The number of hydrogen-bond acceptors (Lipinski definition) is 7. The second kappa shape index (κ2) is 13.4. The van der Waals surface area contributed by atoms with E-state index in [0.29, 0.717) is 25.6 Å². The zero-order valence-corrected chi connectivity index (χ0v) is 19.9. The lowest BCUT2D eigenvalue weighted by Gasteiger charge is -2.43. The molecule has 3 heterocycles. The van der Waals surface area contributed by atoms with Crippen LogP contribution in [0.25, 0.3) is 0 Å². The molecular weight excluding hydrogens is 520 g/mol. The van der Waals surface area contributed by atoms with Crippen LogP contribution in [0.1, 0.15) is 12.8 Å². The number of carboxylic acid groups (broad SMARTS) is 2. The molecule has 3 rings (SSSR count). The number of hydrogen-bond donors (Lipinski definition) is 2. The van der Waals surface area contributed by atoms with E-state index in [1.54, 1.807) is 6.20 Å². The van der Waals surface area contributed by atoms with Crippen molar-refractivity contribution in [3.05, 3.63) is 24.4 Å². The number of amides is 1. The standard InChI is InChI=1S/C17H25N3O3.2C2HF3O2/c1-19(2)11-16(21)20-9-6-14-17(12-20,7-10-22-14)13-23-15-5-3-4-8-18-15;2*3-2(4,5)1(6)7/h3-5,8,14H,6-7,9-13H2,1-2H3;2*(H,6,7)/t14-,17+;;/m1../s1. The highest BCUT2D eigenvalue weighted by atomic mass is 19.4. The van der Waals surface area contributed by atoms with Gasteiger partial charge in [-0.05, 0) is 33.0 Å². The van der Waals surface area contributed by atoms with Crippen molar-refractivity contribution in [2.24, 2.45) is 5.41 Å². The number of fused-ring (bicyclic) bond motifs is 1. The Kier molecular flexibility index (Phi) is 11.6. The number of likely N-dealkylation sites (tertiary alicyclic amines) is 1. The molecule has 210 valence electrons. The highest BCUT2D eigenvalue weighted by Gasteiger charge is 2.49. The topological polar surface area (TPSA) is 130 Å². The van der Waals surface area contributed by atoms with Gasteiger partial charge in [0, 0.05) is 32.0 Å². The minimum absolute atomic E-state index is 0.113. The van der Waals surface area contributed by atoms with Crippen molar-refractivity contribution < 1.29 is 60.4 Å². The van der Waals surface area contributed by atoms with Gasteiger partial charge in [0.05, 0.1) is 24.7 Å². The highest BCUT2D eigenvalue weighted by molar-refractivity contribution is 5.78. The third-order valence-corrected chi connectivity index (χ3v) is 5.20. The Morgan fingerprint density at radius 1 is 1.14 bits per heavy atom. The summed E-state index contributed by atoms with van der Waals surface area (Å²) >= 11 is 0. The van der Waals surface area contributed by atoms with Crippen molar-refractivity contribution in [2.45, 2.75) is 31.3 Å². The first-order valence-corrected chi connectivity index (χ1v) is 10.7. The minimum Gasteiger partial charge on any atom is -0.477 e. The molecule has 0 saturated carbocycles. The molecule has 37 heavy (non-hydrogen) atoms. The fourth-order valence-electron chi connectivity index (χ4n) is 3.49. The summed E-state index contributed by atoms with van der Waals surface area (Å²) in [5.41, 5.74) is -0.113. The van der Waals surface area contributed by atoms with Gasteiger partial charge in [0.1, 0.15) is 0 Å². The molecule has 2 fully saturated rings. The summed E-state index contributed by atoms with van der Waals surface area (Å²) in [5.74, 6) is -4.71. The van der Waals surface area contributed by atoms with E-state index in [0.717, 1.165) is 26.0 Å². The first-order valence-electron chi connectivity index (χ1n) is 10.7. The number of aromatic nitrogens is 1. The van der Waals surface area contributed by atoms with Crippen LogP contribution in [0.15, 0.2) is 24.4 Å². The van der Waals surface area contributed by atoms with Crippen molar-refractivity contribution in [3.8, 4) is 5.88 Å². The normalized spacial score (nSPS) is 21.1. The number of likely N-dealkylation sites (N-methyl/N-ethyl adjacent to an activating group) is 1. The van der Waals surface area contributed by atoms with E-state index in [-0.39, 0.29) is 17.4 Å². The van der Waals surface area contributed by atoms with Crippen LogP contribution in [0.3, 0.4) is 0 Å². The van der Waals surface area contributed by atoms with Gasteiger partial charge in [0.2, 0.25) is 11.8 Å². The van der Waals surface area contributed by atoms with Crippen LogP contribution < -0.4 is 4.74 Å². The van der Waals surface area contributed by atoms with E-state index in [1.807, 2.05) is 42.1 Å². The summed E-state index contributed by atoms with van der Waals surface area (Å²) in [6.07, 6.45) is -6.46. The summed E-state index contributed by atoms with van der Waals surface area (Å²) in [7, 11) is 3.84. The molecule has 1 aromatic rings. The van der Waals surface area contributed by atoms with Gasteiger partial charge in [0.15, 0.2) is 0 Å². The average molecular weight is 547 g/mol. The van der Waals surface area contributed by atoms with E-state index in [4.69, 9.17) is 29.3 Å². The molecule has 1 amide bonds. The molecule has 10 nitrogen and oxygen atoms in total. The Morgan fingerprint density at radius 2 is 1.70 bits per heavy atom. The molecule has 1 aromatic heterocycles. The van der Waals surface area contributed by atoms with E-state index in [1.165, 1.54) is 0 Å². The predicted octanol–water partition coefficient (Wildman–Crippen LogP) is 2.30. The third kappa shape index (κ3) is 10.8. The maximum absolute atomic E-state index is 12.4. The van der Waals surface area contributed by atoms with Crippen molar-refractivity contribution in [1.82, 2.24) is 14.8 Å². The summed E-state index contributed by atoms with van der Waals surface area (Å²) < 4.78 is 75.3. The number of aliphatic carboxylic acids is 2. The first kappa shape index (κ1) is 31.9. The lowest BCUT2D eigenvalue weighted by molar-refractivity contribution is -0.193. The fourth-order valence-corrected chi connectivity index (χ4v) is 3.49. The molecule has 0 bridgehead atoms. The van der Waals surface area contributed by atoms with Crippen molar-refractivity contribution in [3.63, 3.8) is 0 Å². The quantitative estimate of drug-likeness (QED) is 0.534. The molecule has 2 aliphatic rings. The lowest BCUT2D eigenvalue weighted by Crippen LogP contribution is -2.55. The highest BCUT2D eigenvalue weighted by Crippen LogP contribution is 2.41. The average Bonchev–Trinajstić information content (AvgIpc) is 3.21. The largest absolute Gasteiger partial charge is 0.490 e. The monoisotopic (exact) mass is 547 g/mol. The third-order valence-electron chi connectivity index (χ3n) is 5.20. The first-order chi connectivity index (χ1) is 17.0. The summed E-state index contributed by atoms with van der Waals surface area (Å²) in [6, 6.07) is 5.64. The Balaban J connectivity index is 0.000000404. The second-order valence-electron chi connectivity index (χ2n) is 8.38. The number of carboxylic acids is 2. The van der Waals surface area contributed by atoms with Crippen LogP contribution >= 0.6 is 0 Å².